The van der Waals surface area contributed by atoms with E-state index in [-0.39, 0.29) is 11.8 Å². The molecule has 1 atom stereocenters. The highest BCUT2D eigenvalue weighted by molar-refractivity contribution is 5.87. The Morgan fingerprint density at radius 2 is 1.72 bits per heavy atom. The number of ether oxygens (including phenoxy) is 2. The topological polar surface area (TPSA) is 67.9 Å². The molecule has 0 bridgehead atoms. The molecule has 0 aromatic heterocycles. The van der Waals surface area contributed by atoms with Gasteiger partial charge in [0.15, 0.2) is 11.5 Å². The smallest absolute Gasteiger partial charge is 0.242 e. The first kappa shape index (κ1) is 23.6. The highest BCUT2D eigenvalue weighted by atomic mass is 16.6. The van der Waals surface area contributed by atoms with E-state index in [1.165, 1.54) is 0 Å². The molecule has 0 spiro atoms. The molecule has 2 aromatic rings. The van der Waals surface area contributed by atoms with Gasteiger partial charge in [-0.3, -0.25) is 9.59 Å². The Bertz CT molecular complexity index is 885. The van der Waals surface area contributed by atoms with E-state index in [2.05, 4.69) is 17.4 Å². The van der Waals surface area contributed by atoms with Crippen molar-refractivity contribution in [2.45, 2.75) is 52.0 Å². The maximum absolute atomic E-state index is 13.3. The van der Waals surface area contributed by atoms with Crippen molar-refractivity contribution >= 4 is 11.8 Å². The molecule has 0 aliphatic carbocycles. The highest BCUT2D eigenvalue weighted by Gasteiger charge is 2.27. The second kappa shape index (κ2) is 12.1. The number of hydrogen-bond donors (Lipinski definition) is 1. The third kappa shape index (κ3) is 6.49. The summed E-state index contributed by atoms with van der Waals surface area (Å²) in [5.41, 5.74) is 2.18. The number of aryl methyl sites for hydroxylation is 1. The van der Waals surface area contributed by atoms with E-state index in [1.54, 1.807) is 4.90 Å². The predicted octanol–water partition coefficient (Wildman–Crippen LogP) is 3.77. The van der Waals surface area contributed by atoms with Crippen LogP contribution in [0.2, 0.25) is 0 Å². The van der Waals surface area contributed by atoms with E-state index in [0.717, 1.165) is 29.0 Å². The van der Waals surface area contributed by atoms with Crippen LogP contribution in [-0.4, -0.2) is 49.1 Å². The third-order valence-corrected chi connectivity index (χ3v) is 5.65. The maximum atomic E-state index is 13.3. The summed E-state index contributed by atoms with van der Waals surface area (Å²) in [5, 5.41) is 2.96. The molecule has 6 nitrogen and oxygen atoms in total. The monoisotopic (exact) mass is 438 g/mol. The minimum Gasteiger partial charge on any atom is -0.486 e. The zero-order valence-corrected chi connectivity index (χ0v) is 19.1. The van der Waals surface area contributed by atoms with E-state index >= 15 is 0 Å². The summed E-state index contributed by atoms with van der Waals surface area (Å²) in [6.07, 6.45) is 3.09. The molecule has 172 valence electrons. The van der Waals surface area contributed by atoms with Gasteiger partial charge in [0.2, 0.25) is 11.8 Å². The van der Waals surface area contributed by atoms with E-state index in [1.807, 2.05) is 50.2 Å². The van der Waals surface area contributed by atoms with Gasteiger partial charge in [-0.2, -0.15) is 0 Å². The van der Waals surface area contributed by atoms with Gasteiger partial charge >= 0.3 is 0 Å². The average Bonchev–Trinajstić information content (AvgIpc) is 2.84. The van der Waals surface area contributed by atoms with Crippen molar-refractivity contribution in [1.82, 2.24) is 10.2 Å². The van der Waals surface area contributed by atoms with Gasteiger partial charge in [0.05, 0.1) is 0 Å². The largest absolute Gasteiger partial charge is 0.486 e. The van der Waals surface area contributed by atoms with Crippen LogP contribution < -0.4 is 14.8 Å². The molecular weight excluding hydrogens is 404 g/mol. The highest BCUT2D eigenvalue weighted by Crippen LogP contribution is 2.31. The molecule has 0 saturated heterocycles. The fourth-order valence-corrected chi connectivity index (χ4v) is 3.90. The number of rotatable bonds is 11. The van der Waals surface area contributed by atoms with Crippen molar-refractivity contribution in [3.63, 3.8) is 0 Å². The number of amides is 2. The first-order chi connectivity index (χ1) is 15.6. The molecule has 32 heavy (non-hydrogen) atoms. The molecular formula is C26H34N2O4. The van der Waals surface area contributed by atoms with Gasteiger partial charge in [-0.1, -0.05) is 50.2 Å². The first-order valence-corrected chi connectivity index (χ1v) is 11.6. The molecule has 1 N–H and O–H groups in total. The van der Waals surface area contributed by atoms with Crippen molar-refractivity contribution in [3.05, 3.63) is 59.7 Å². The number of carbonyl (C=O) groups is 2. The Hall–Kier alpha value is -3.02. The van der Waals surface area contributed by atoms with Crippen molar-refractivity contribution in [3.8, 4) is 11.5 Å². The lowest BCUT2D eigenvalue weighted by atomic mass is 10.1. The van der Waals surface area contributed by atoms with Crippen molar-refractivity contribution < 1.29 is 19.1 Å². The summed E-state index contributed by atoms with van der Waals surface area (Å²) in [4.78, 5) is 27.8. The Balaban J connectivity index is 1.68. The van der Waals surface area contributed by atoms with Crippen LogP contribution in [0.3, 0.4) is 0 Å². The SMILES string of the molecule is CCCNC(=O)[C@@H](CC)N(CCc1ccccc1)C(=O)CCc1ccc2c(c1)OCCO2. The molecule has 0 unspecified atom stereocenters. The van der Waals surface area contributed by atoms with Gasteiger partial charge in [-0.05, 0) is 48.9 Å². The minimum absolute atomic E-state index is 0.00526. The van der Waals surface area contributed by atoms with Gasteiger partial charge in [-0.15, -0.1) is 0 Å². The quantitative estimate of drug-likeness (QED) is 0.580. The van der Waals surface area contributed by atoms with E-state index in [4.69, 9.17) is 9.47 Å². The maximum Gasteiger partial charge on any atom is 0.242 e. The van der Waals surface area contributed by atoms with E-state index < -0.39 is 6.04 Å². The number of carbonyl (C=O) groups excluding carboxylic acids is 2. The van der Waals surface area contributed by atoms with E-state index in [0.29, 0.717) is 52.0 Å². The number of benzene rings is 2. The Kier molecular flexibility index (Phi) is 8.96. The lowest BCUT2D eigenvalue weighted by Crippen LogP contribution is -2.50. The number of hydrogen-bond acceptors (Lipinski definition) is 4. The summed E-state index contributed by atoms with van der Waals surface area (Å²) in [7, 11) is 0. The van der Waals surface area contributed by atoms with Crippen LogP contribution in [0, 0.1) is 0 Å². The van der Waals surface area contributed by atoms with Crippen molar-refractivity contribution in [2.75, 3.05) is 26.3 Å². The van der Waals surface area contributed by atoms with Crippen LogP contribution in [0.1, 0.15) is 44.2 Å². The molecule has 2 aromatic carbocycles. The normalized spacial score (nSPS) is 13.3. The van der Waals surface area contributed by atoms with Crippen LogP contribution in [-0.2, 0) is 22.4 Å². The summed E-state index contributed by atoms with van der Waals surface area (Å²) in [5.74, 6) is 1.39. The molecule has 0 saturated carbocycles. The van der Waals surface area contributed by atoms with Gasteiger partial charge in [-0.25, -0.2) is 0 Å². The second-order valence-electron chi connectivity index (χ2n) is 8.02. The standard InChI is InChI=1S/C26H34N2O4/c1-3-15-27-26(30)22(4-2)28(16-14-20-8-6-5-7-9-20)25(29)13-11-21-10-12-23-24(19-21)32-18-17-31-23/h5-10,12,19,22H,3-4,11,13-18H2,1-2H3,(H,27,30)/t22-/m1/s1. The van der Waals surface area contributed by atoms with Crippen molar-refractivity contribution in [1.29, 1.82) is 0 Å². The van der Waals surface area contributed by atoms with Crippen LogP contribution in [0.25, 0.3) is 0 Å². The lowest BCUT2D eigenvalue weighted by molar-refractivity contribution is -0.140. The average molecular weight is 439 g/mol. The number of nitrogens with zero attached hydrogens (tertiary/aromatic N) is 1. The molecule has 0 fully saturated rings. The van der Waals surface area contributed by atoms with Crippen LogP contribution in [0.15, 0.2) is 48.5 Å². The van der Waals surface area contributed by atoms with Gasteiger partial charge in [0, 0.05) is 19.5 Å². The molecule has 3 rings (SSSR count). The summed E-state index contributed by atoms with van der Waals surface area (Å²) in [6.45, 7) is 6.20. The fraction of sp³-hybridized carbons (Fsp3) is 0.462. The van der Waals surface area contributed by atoms with Crippen molar-refractivity contribution in [2.24, 2.45) is 0 Å². The molecule has 1 heterocycles. The number of fused-ring (bicyclic) bond motifs is 1. The second-order valence-corrected chi connectivity index (χ2v) is 8.02. The molecule has 1 aliphatic heterocycles. The Morgan fingerprint density at radius 1 is 0.969 bits per heavy atom. The zero-order chi connectivity index (χ0) is 22.8. The molecule has 6 heteroatoms. The van der Waals surface area contributed by atoms with E-state index in [9.17, 15) is 9.59 Å². The minimum atomic E-state index is -0.460. The molecule has 2 amide bonds. The first-order valence-electron chi connectivity index (χ1n) is 11.6. The van der Waals surface area contributed by atoms with Crippen LogP contribution >= 0.6 is 0 Å². The van der Waals surface area contributed by atoms with Gasteiger partial charge < -0.3 is 19.7 Å². The fourth-order valence-electron chi connectivity index (χ4n) is 3.90. The third-order valence-electron chi connectivity index (χ3n) is 5.65. The van der Waals surface area contributed by atoms with Gasteiger partial charge in [0.1, 0.15) is 19.3 Å². The summed E-state index contributed by atoms with van der Waals surface area (Å²) < 4.78 is 11.2. The van der Waals surface area contributed by atoms with Crippen LogP contribution in [0.4, 0.5) is 0 Å². The Labute approximate surface area is 190 Å². The Morgan fingerprint density at radius 3 is 2.44 bits per heavy atom. The lowest BCUT2D eigenvalue weighted by Gasteiger charge is -2.30. The van der Waals surface area contributed by atoms with Crippen LogP contribution in [0.5, 0.6) is 11.5 Å². The predicted molar refractivity (Wildman–Crippen MR) is 125 cm³/mol. The van der Waals surface area contributed by atoms with Gasteiger partial charge in [0.25, 0.3) is 0 Å². The number of nitrogens with one attached hydrogen (secondary N) is 1. The summed E-state index contributed by atoms with van der Waals surface area (Å²) >= 11 is 0. The zero-order valence-electron chi connectivity index (χ0n) is 19.1. The molecule has 1 aliphatic rings. The summed E-state index contributed by atoms with van der Waals surface area (Å²) in [6, 6.07) is 15.4. The molecule has 0 radical (unpaired) electrons.